The molecular weight excluding hydrogens is 316 g/mol. The monoisotopic (exact) mass is 328 g/mol. The Kier molecular flexibility index (Phi) is 3.62. The summed E-state index contributed by atoms with van der Waals surface area (Å²) in [5.41, 5.74) is 2.78. The fraction of sp³-hybridized carbons (Fsp3) is 0.188. The number of anilines is 2. The van der Waals surface area contributed by atoms with Crippen molar-refractivity contribution in [2.45, 2.75) is 6.42 Å². The van der Waals surface area contributed by atoms with Crippen molar-refractivity contribution < 1.29 is 4.74 Å². The van der Waals surface area contributed by atoms with Gasteiger partial charge in [-0.3, -0.25) is 0 Å². The van der Waals surface area contributed by atoms with Crippen LogP contribution in [-0.4, -0.2) is 13.2 Å². The summed E-state index contributed by atoms with van der Waals surface area (Å²) in [5.74, 6) is 0.904. The van der Waals surface area contributed by atoms with Gasteiger partial charge in [-0.2, -0.15) is 5.26 Å². The number of rotatable bonds is 1. The third-order valence-corrected chi connectivity index (χ3v) is 3.94. The molecule has 0 radical (unpaired) electrons. The van der Waals surface area contributed by atoms with Crippen LogP contribution >= 0.6 is 15.9 Å². The fourth-order valence-corrected chi connectivity index (χ4v) is 2.97. The van der Waals surface area contributed by atoms with Crippen molar-refractivity contribution in [2.24, 2.45) is 0 Å². The summed E-state index contributed by atoms with van der Waals surface area (Å²) in [6.45, 7) is 1.61. The molecule has 1 aliphatic heterocycles. The second-order valence-electron chi connectivity index (χ2n) is 4.60. The van der Waals surface area contributed by atoms with Crippen LogP contribution in [0.15, 0.2) is 46.9 Å². The van der Waals surface area contributed by atoms with Gasteiger partial charge in [-0.05, 0) is 52.7 Å². The number of hydrogen-bond acceptors (Lipinski definition) is 3. The van der Waals surface area contributed by atoms with Crippen LogP contribution in [0.3, 0.4) is 0 Å². The summed E-state index contributed by atoms with van der Waals surface area (Å²) < 4.78 is 6.70. The molecular formula is C16H13BrN2O. The van der Waals surface area contributed by atoms with Crippen molar-refractivity contribution in [3.8, 4) is 11.8 Å². The van der Waals surface area contributed by atoms with Gasteiger partial charge < -0.3 is 9.64 Å². The summed E-state index contributed by atoms with van der Waals surface area (Å²) in [7, 11) is 0. The highest BCUT2D eigenvalue weighted by Crippen LogP contribution is 2.39. The van der Waals surface area contributed by atoms with E-state index in [9.17, 15) is 0 Å². The van der Waals surface area contributed by atoms with Gasteiger partial charge in [0.1, 0.15) is 5.75 Å². The van der Waals surface area contributed by atoms with Crippen LogP contribution in [0, 0.1) is 11.3 Å². The van der Waals surface area contributed by atoms with Crippen molar-refractivity contribution in [3.05, 3.63) is 52.5 Å². The molecule has 0 bridgehead atoms. The van der Waals surface area contributed by atoms with Gasteiger partial charge in [0, 0.05) is 11.0 Å². The number of nitriles is 1. The molecule has 0 aliphatic carbocycles. The Bertz CT molecular complexity index is 678. The van der Waals surface area contributed by atoms with E-state index in [1.54, 1.807) is 0 Å². The normalized spacial score (nSPS) is 13.9. The number of para-hydroxylation sites is 2. The number of hydrogen-bond donors (Lipinski definition) is 0. The Hall–Kier alpha value is -1.99. The number of halogens is 1. The van der Waals surface area contributed by atoms with E-state index in [1.807, 2.05) is 36.4 Å². The van der Waals surface area contributed by atoms with Crippen LogP contribution in [-0.2, 0) is 0 Å². The van der Waals surface area contributed by atoms with E-state index in [0.29, 0.717) is 5.56 Å². The van der Waals surface area contributed by atoms with Gasteiger partial charge in [0.15, 0.2) is 0 Å². The van der Waals surface area contributed by atoms with E-state index in [-0.39, 0.29) is 0 Å². The average molecular weight is 329 g/mol. The van der Waals surface area contributed by atoms with E-state index in [4.69, 9.17) is 10.00 Å². The van der Waals surface area contributed by atoms with Crippen molar-refractivity contribution >= 4 is 27.3 Å². The van der Waals surface area contributed by atoms with E-state index in [0.717, 1.165) is 41.2 Å². The molecule has 100 valence electrons. The predicted molar refractivity (Wildman–Crippen MR) is 82.4 cm³/mol. The Morgan fingerprint density at radius 1 is 1.15 bits per heavy atom. The van der Waals surface area contributed by atoms with Crippen LogP contribution in [0.2, 0.25) is 0 Å². The molecule has 4 heteroatoms. The first-order valence-corrected chi connectivity index (χ1v) is 7.28. The first kappa shape index (κ1) is 13.0. The third-order valence-electron chi connectivity index (χ3n) is 3.31. The number of benzene rings is 2. The Labute approximate surface area is 126 Å². The molecule has 0 saturated heterocycles. The lowest BCUT2D eigenvalue weighted by atomic mass is 10.2. The third kappa shape index (κ3) is 2.37. The molecule has 1 heterocycles. The molecule has 0 N–H and O–H groups in total. The van der Waals surface area contributed by atoms with E-state index in [2.05, 4.69) is 33.0 Å². The molecule has 0 fully saturated rings. The molecule has 0 unspecified atom stereocenters. The van der Waals surface area contributed by atoms with Crippen LogP contribution in [0.25, 0.3) is 0 Å². The highest BCUT2D eigenvalue weighted by molar-refractivity contribution is 9.10. The maximum absolute atomic E-state index is 8.96. The summed E-state index contributed by atoms with van der Waals surface area (Å²) >= 11 is 3.57. The lowest BCUT2D eigenvalue weighted by molar-refractivity contribution is 0.322. The molecule has 0 atom stereocenters. The molecule has 20 heavy (non-hydrogen) atoms. The lowest BCUT2D eigenvalue weighted by Gasteiger charge is -2.25. The van der Waals surface area contributed by atoms with Crippen LogP contribution in [0.1, 0.15) is 12.0 Å². The standard InChI is InChI=1S/C16H13BrN2O/c17-13-10-12(11-18)6-7-14(13)19-8-3-9-20-16-5-2-1-4-15(16)19/h1-2,4-7,10H,3,8-9H2. The van der Waals surface area contributed by atoms with Crippen LogP contribution in [0.4, 0.5) is 11.4 Å². The van der Waals surface area contributed by atoms with Gasteiger partial charge in [-0.25, -0.2) is 0 Å². The predicted octanol–water partition coefficient (Wildman–Crippen LogP) is 4.24. The van der Waals surface area contributed by atoms with Crippen molar-refractivity contribution in [1.29, 1.82) is 5.26 Å². The highest BCUT2D eigenvalue weighted by atomic mass is 79.9. The minimum Gasteiger partial charge on any atom is -0.491 e. The van der Waals surface area contributed by atoms with Crippen LogP contribution < -0.4 is 9.64 Å². The zero-order valence-corrected chi connectivity index (χ0v) is 12.4. The molecule has 3 rings (SSSR count). The summed E-state index contributed by atoms with van der Waals surface area (Å²) in [6.07, 6.45) is 0.959. The SMILES string of the molecule is N#Cc1ccc(N2CCCOc3ccccc32)c(Br)c1. The van der Waals surface area contributed by atoms with E-state index < -0.39 is 0 Å². The van der Waals surface area contributed by atoms with E-state index in [1.165, 1.54) is 0 Å². The zero-order chi connectivity index (χ0) is 13.9. The quantitative estimate of drug-likeness (QED) is 0.785. The maximum atomic E-state index is 8.96. The topological polar surface area (TPSA) is 36.3 Å². The fourth-order valence-electron chi connectivity index (χ4n) is 2.37. The zero-order valence-electron chi connectivity index (χ0n) is 10.8. The Balaban J connectivity index is 2.08. The number of fused-ring (bicyclic) bond motifs is 1. The van der Waals surface area contributed by atoms with Crippen molar-refractivity contribution in [3.63, 3.8) is 0 Å². The molecule has 0 amide bonds. The van der Waals surface area contributed by atoms with Gasteiger partial charge in [0.2, 0.25) is 0 Å². The van der Waals surface area contributed by atoms with Gasteiger partial charge in [0.05, 0.1) is 29.6 Å². The number of nitrogens with zero attached hydrogens (tertiary/aromatic N) is 2. The molecule has 3 nitrogen and oxygen atoms in total. The Morgan fingerprint density at radius 2 is 2.00 bits per heavy atom. The minimum atomic E-state index is 0.653. The van der Waals surface area contributed by atoms with Gasteiger partial charge >= 0.3 is 0 Å². The van der Waals surface area contributed by atoms with Gasteiger partial charge in [0.25, 0.3) is 0 Å². The molecule has 0 saturated carbocycles. The van der Waals surface area contributed by atoms with Crippen LogP contribution in [0.5, 0.6) is 5.75 Å². The molecule has 1 aliphatic rings. The Morgan fingerprint density at radius 3 is 2.80 bits per heavy atom. The molecule has 0 aromatic heterocycles. The van der Waals surface area contributed by atoms with Crippen molar-refractivity contribution in [1.82, 2.24) is 0 Å². The second-order valence-corrected chi connectivity index (χ2v) is 5.45. The summed E-state index contributed by atoms with van der Waals surface area (Å²) in [4.78, 5) is 2.23. The molecule has 0 spiro atoms. The number of ether oxygens (including phenoxy) is 1. The highest BCUT2D eigenvalue weighted by Gasteiger charge is 2.19. The first-order chi connectivity index (χ1) is 9.79. The minimum absolute atomic E-state index is 0.653. The molecule has 2 aromatic rings. The lowest BCUT2D eigenvalue weighted by Crippen LogP contribution is -2.18. The summed E-state index contributed by atoms with van der Waals surface area (Å²) in [6, 6.07) is 15.9. The van der Waals surface area contributed by atoms with E-state index >= 15 is 0 Å². The summed E-state index contributed by atoms with van der Waals surface area (Å²) in [5, 5.41) is 8.96. The first-order valence-electron chi connectivity index (χ1n) is 6.48. The van der Waals surface area contributed by atoms with Crippen molar-refractivity contribution in [2.75, 3.05) is 18.1 Å². The second kappa shape index (κ2) is 5.56. The smallest absolute Gasteiger partial charge is 0.142 e. The maximum Gasteiger partial charge on any atom is 0.142 e. The van der Waals surface area contributed by atoms with Gasteiger partial charge in [-0.15, -0.1) is 0 Å². The average Bonchev–Trinajstić information content (AvgIpc) is 2.69. The molecule has 2 aromatic carbocycles. The largest absolute Gasteiger partial charge is 0.491 e. The van der Waals surface area contributed by atoms with Gasteiger partial charge in [-0.1, -0.05) is 12.1 Å².